The van der Waals surface area contributed by atoms with E-state index in [0.29, 0.717) is 16.7 Å². The van der Waals surface area contributed by atoms with Gasteiger partial charge in [0.05, 0.1) is 12.5 Å². The minimum atomic E-state index is -0.979. The number of nitrogens with two attached hydrogens (primary N) is 1. The number of aliphatic hydroxyl groups excluding tert-OH is 2. The number of amides is 1. The Morgan fingerprint density at radius 1 is 1.10 bits per heavy atom. The monoisotopic (exact) mass is 396 g/mol. The maximum absolute atomic E-state index is 12.4. The fraction of sp³-hybridized carbons (Fsp3) is 0.273. The molecule has 6 N–H and O–H groups in total. The molecular weight excluding hydrogens is 372 g/mol. The van der Waals surface area contributed by atoms with Crippen molar-refractivity contribution in [2.24, 2.45) is 11.7 Å². The Labute approximate surface area is 169 Å². The highest BCUT2D eigenvalue weighted by atomic mass is 16.5. The average Bonchev–Trinajstić information content (AvgIpc) is 2.75. The Bertz CT molecular complexity index is 896. The van der Waals surface area contributed by atoms with Crippen molar-refractivity contribution in [3.05, 3.63) is 70.8 Å². The Morgan fingerprint density at radius 2 is 1.72 bits per heavy atom. The zero-order valence-electron chi connectivity index (χ0n) is 16.0. The summed E-state index contributed by atoms with van der Waals surface area (Å²) in [6, 6.07) is 12.7. The first-order valence-electron chi connectivity index (χ1n) is 9.07. The summed E-state index contributed by atoms with van der Waals surface area (Å²) in [6.07, 6.45) is -1.11. The Balaban J connectivity index is 2.05. The quantitative estimate of drug-likeness (QED) is 0.207. The largest absolute Gasteiger partial charge is 0.392 e. The van der Waals surface area contributed by atoms with Crippen LogP contribution in [0.3, 0.4) is 0 Å². The fourth-order valence-corrected chi connectivity index (χ4v) is 2.70. The van der Waals surface area contributed by atoms with E-state index in [-0.39, 0.29) is 18.8 Å². The summed E-state index contributed by atoms with van der Waals surface area (Å²) in [5, 5.41) is 28.0. The lowest BCUT2D eigenvalue weighted by Gasteiger charge is -2.17. The van der Waals surface area contributed by atoms with Crippen molar-refractivity contribution in [3.63, 3.8) is 0 Å². The molecule has 0 saturated heterocycles. The van der Waals surface area contributed by atoms with Crippen LogP contribution >= 0.6 is 0 Å². The van der Waals surface area contributed by atoms with Gasteiger partial charge in [-0.05, 0) is 30.2 Å². The first-order chi connectivity index (χ1) is 13.8. The lowest BCUT2D eigenvalue weighted by Crippen LogP contribution is -2.40. The second-order valence-corrected chi connectivity index (χ2v) is 6.72. The molecule has 0 heterocycles. The third kappa shape index (κ3) is 6.24. The van der Waals surface area contributed by atoms with Gasteiger partial charge in [0, 0.05) is 23.6 Å². The molecule has 0 spiro atoms. The van der Waals surface area contributed by atoms with E-state index in [1.807, 2.05) is 0 Å². The topological polar surface area (TPSA) is 133 Å². The summed E-state index contributed by atoms with van der Waals surface area (Å²) >= 11 is 0. The molecular formula is C22H24N2O5. The molecule has 7 heteroatoms. The molecule has 2 rings (SSSR count). The van der Waals surface area contributed by atoms with Crippen LogP contribution in [0.25, 0.3) is 0 Å². The number of carbonyl (C=O) groups is 2. The number of hydrogen-bond donors (Lipinski definition) is 5. The molecule has 7 nitrogen and oxygen atoms in total. The molecule has 1 unspecified atom stereocenters. The first kappa shape index (κ1) is 22.3. The van der Waals surface area contributed by atoms with Gasteiger partial charge >= 0.3 is 0 Å². The molecule has 0 fully saturated rings. The van der Waals surface area contributed by atoms with Gasteiger partial charge in [0.1, 0.15) is 6.10 Å². The van der Waals surface area contributed by atoms with Gasteiger partial charge in [-0.25, -0.2) is 5.48 Å². The first-order valence-corrected chi connectivity index (χ1v) is 9.07. The van der Waals surface area contributed by atoms with E-state index in [1.165, 1.54) is 5.48 Å². The van der Waals surface area contributed by atoms with Crippen molar-refractivity contribution in [2.75, 3.05) is 0 Å². The number of hydrogen-bond acceptors (Lipinski definition) is 6. The van der Waals surface area contributed by atoms with Gasteiger partial charge in [-0.15, -0.1) is 0 Å². The highest BCUT2D eigenvalue weighted by Crippen LogP contribution is 2.15. The van der Waals surface area contributed by atoms with Gasteiger partial charge < -0.3 is 15.9 Å². The van der Waals surface area contributed by atoms with Crippen molar-refractivity contribution in [3.8, 4) is 11.8 Å². The summed E-state index contributed by atoms with van der Waals surface area (Å²) in [4.78, 5) is 24.0. The van der Waals surface area contributed by atoms with Crippen LogP contribution in [0.15, 0.2) is 48.5 Å². The van der Waals surface area contributed by atoms with E-state index < -0.39 is 24.0 Å². The minimum Gasteiger partial charge on any atom is -0.392 e. The summed E-state index contributed by atoms with van der Waals surface area (Å²) in [7, 11) is 0. The van der Waals surface area contributed by atoms with Crippen molar-refractivity contribution >= 4 is 11.7 Å². The predicted molar refractivity (Wildman–Crippen MR) is 107 cm³/mol. The molecule has 0 saturated carbocycles. The van der Waals surface area contributed by atoms with Crippen LogP contribution in [0.1, 0.15) is 46.5 Å². The van der Waals surface area contributed by atoms with Crippen LogP contribution in [-0.4, -0.2) is 33.2 Å². The van der Waals surface area contributed by atoms with Crippen LogP contribution in [-0.2, 0) is 11.4 Å². The smallest absolute Gasteiger partial charge is 0.248 e. The maximum atomic E-state index is 12.4. The van der Waals surface area contributed by atoms with Crippen LogP contribution in [0, 0.1) is 17.8 Å². The van der Waals surface area contributed by atoms with Crippen LogP contribution in [0.2, 0.25) is 0 Å². The highest BCUT2D eigenvalue weighted by molar-refractivity contribution is 5.98. The third-order valence-corrected chi connectivity index (χ3v) is 4.53. The molecule has 152 valence electrons. The average molecular weight is 396 g/mol. The third-order valence-electron chi connectivity index (χ3n) is 4.53. The molecule has 0 aliphatic heterocycles. The van der Waals surface area contributed by atoms with Gasteiger partial charge in [0.25, 0.3) is 0 Å². The summed E-state index contributed by atoms with van der Waals surface area (Å²) in [5.74, 6) is 3.77. The van der Waals surface area contributed by atoms with Gasteiger partial charge in [-0.3, -0.25) is 14.8 Å². The van der Waals surface area contributed by atoms with Crippen molar-refractivity contribution in [1.82, 2.24) is 5.48 Å². The zero-order valence-corrected chi connectivity index (χ0v) is 16.0. The molecule has 29 heavy (non-hydrogen) atoms. The molecule has 0 bridgehead atoms. The summed E-state index contributed by atoms with van der Waals surface area (Å²) in [6.45, 7) is 1.53. The lowest BCUT2D eigenvalue weighted by atomic mass is 9.92. The molecule has 1 amide bonds. The Hall–Kier alpha value is -3.02. The maximum Gasteiger partial charge on any atom is 0.248 e. The molecule has 0 aliphatic carbocycles. The second kappa shape index (κ2) is 10.5. The highest BCUT2D eigenvalue weighted by Gasteiger charge is 2.25. The van der Waals surface area contributed by atoms with E-state index in [1.54, 1.807) is 55.5 Å². The van der Waals surface area contributed by atoms with Gasteiger partial charge in [-0.2, -0.15) is 0 Å². The molecule has 2 aromatic carbocycles. The number of rotatable bonds is 7. The van der Waals surface area contributed by atoms with Gasteiger partial charge in [0.15, 0.2) is 5.78 Å². The minimum absolute atomic E-state index is 0.0667. The van der Waals surface area contributed by atoms with E-state index in [9.17, 15) is 14.7 Å². The number of aliphatic hydroxyl groups is 2. The zero-order chi connectivity index (χ0) is 21.4. The van der Waals surface area contributed by atoms with E-state index >= 15 is 0 Å². The standard InChI is InChI=1S/C22H24N2O5/c1-14(23)19(22(28)24-29)12-21(27)18-7-2-15(3-8-18)6-11-20(26)17-9-4-16(13-25)5-10-17/h2-5,7-10,14,19-20,25-26,29H,12-13,23H2,1H3,(H,24,28)/t14-,19+,20?/m1/s1. The second-order valence-electron chi connectivity index (χ2n) is 6.72. The van der Waals surface area contributed by atoms with E-state index in [0.717, 1.165) is 5.56 Å². The molecule has 0 aliphatic rings. The van der Waals surface area contributed by atoms with E-state index in [4.69, 9.17) is 16.0 Å². The Kier molecular flexibility index (Phi) is 8.07. The molecule has 2 aromatic rings. The normalized spacial score (nSPS) is 13.6. The number of hydroxylamine groups is 1. The van der Waals surface area contributed by atoms with Gasteiger partial charge in [-0.1, -0.05) is 48.2 Å². The van der Waals surface area contributed by atoms with Gasteiger partial charge in [0.2, 0.25) is 5.91 Å². The number of ketones is 1. The van der Waals surface area contributed by atoms with Crippen LogP contribution in [0.5, 0.6) is 0 Å². The van der Waals surface area contributed by atoms with Crippen molar-refractivity contribution in [2.45, 2.75) is 32.1 Å². The number of Topliss-reactive ketones (excluding diaryl/α,β-unsaturated/α-hetero) is 1. The summed E-state index contributed by atoms with van der Waals surface area (Å²) in [5.41, 5.74) is 9.63. The molecule has 3 atom stereocenters. The lowest BCUT2D eigenvalue weighted by molar-refractivity contribution is -0.133. The number of benzene rings is 2. The van der Waals surface area contributed by atoms with Crippen LogP contribution < -0.4 is 11.2 Å². The Morgan fingerprint density at radius 3 is 2.24 bits per heavy atom. The molecule has 0 radical (unpaired) electrons. The number of nitrogens with one attached hydrogen (secondary N) is 1. The fourth-order valence-electron chi connectivity index (χ4n) is 2.70. The van der Waals surface area contributed by atoms with E-state index in [2.05, 4.69) is 11.8 Å². The summed E-state index contributed by atoms with van der Waals surface area (Å²) < 4.78 is 0. The van der Waals surface area contributed by atoms with Crippen molar-refractivity contribution < 1.29 is 25.0 Å². The number of carbonyl (C=O) groups excluding carboxylic acids is 2. The molecule has 0 aromatic heterocycles. The predicted octanol–water partition coefficient (Wildman–Crippen LogP) is 1.31. The van der Waals surface area contributed by atoms with Crippen LogP contribution in [0.4, 0.5) is 0 Å². The van der Waals surface area contributed by atoms with Crippen molar-refractivity contribution in [1.29, 1.82) is 0 Å². The SMILES string of the molecule is C[C@@H](N)[C@H](CC(=O)c1ccc(C#CC(O)c2ccc(CO)cc2)cc1)C(=O)NO.